The molecule has 5 heteroatoms. The SMILES string of the molecule is [N-]=[N+]=NCCNC(=O)C1Cc2ccccc21. The van der Waals surface area contributed by atoms with E-state index in [1.807, 2.05) is 24.3 Å². The van der Waals surface area contributed by atoms with Gasteiger partial charge in [0.2, 0.25) is 5.91 Å². The van der Waals surface area contributed by atoms with Gasteiger partial charge in [0.15, 0.2) is 0 Å². The minimum atomic E-state index is -0.0257. The summed E-state index contributed by atoms with van der Waals surface area (Å²) in [5, 5.41) is 6.11. The van der Waals surface area contributed by atoms with Crippen LogP contribution >= 0.6 is 0 Å². The first-order valence-electron chi connectivity index (χ1n) is 5.19. The van der Waals surface area contributed by atoms with Gasteiger partial charge in [0.25, 0.3) is 0 Å². The van der Waals surface area contributed by atoms with Gasteiger partial charge in [-0.25, -0.2) is 0 Å². The monoisotopic (exact) mass is 216 g/mol. The molecule has 1 amide bonds. The topological polar surface area (TPSA) is 77.9 Å². The molecule has 0 saturated carbocycles. The number of hydrogen-bond donors (Lipinski definition) is 1. The Kier molecular flexibility index (Phi) is 3.08. The van der Waals surface area contributed by atoms with E-state index in [1.165, 1.54) is 5.56 Å². The highest BCUT2D eigenvalue weighted by Gasteiger charge is 2.31. The molecular formula is C11H12N4O. The summed E-state index contributed by atoms with van der Waals surface area (Å²) in [7, 11) is 0. The first-order chi connectivity index (χ1) is 7.83. The maximum Gasteiger partial charge on any atom is 0.227 e. The Morgan fingerprint density at radius 1 is 1.56 bits per heavy atom. The van der Waals surface area contributed by atoms with E-state index in [2.05, 4.69) is 15.3 Å². The van der Waals surface area contributed by atoms with Crippen molar-refractivity contribution in [3.8, 4) is 0 Å². The van der Waals surface area contributed by atoms with Gasteiger partial charge < -0.3 is 5.32 Å². The molecule has 0 radical (unpaired) electrons. The number of hydrogen-bond acceptors (Lipinski definition) is 2. The quantitative estimate of drug-likeness (QED) is 0.354. The molecule has 0 aliphatic heterocycles. The molecule has 1 unspecified atom stereocenters. The van der Waals surface area contributed by atoms with Crippen LogP contribution in [0.4, 0.5) is 0 Å². The lowest BCUT2D eigenvalue weighted by Crippen LogP contribution is -2.36. The van der Waals surface area contributed by atoms with E-state index in [1.54, 1.807) is 0 Å². The van der Waals surface area contributed by atoms with Crippen molar-refractivity contribution in [2.24, 2.45) is 5.11 Å². The van der Waals surface area contributed by atoms with Crippen molar-refractivity contribution >= 4 is 5.91 Å². The van der Waals surface area contributed by atoms with Gasteiger partial charge in [-0.3, -0.25) is 4.79 Å². The van der Waals surface area contributed by atoms with Crippen molar-refractivity contribution in [2.75, 3.05) is 13.1 Å². The highest BCUT2D eigenvalue weighted by Crippen LogP contribution is 2.34. The van der Waals surface area contributed by atoms with Gasteiger partial charge in [-0.05, 0) is 23.1 Å². The summed E-state index contributed by atoms with van der Waals surface area (Å²) in [5.74, 6) is -0.00546. The fraction of sp³-hybridized carbons (Fsp3) is 0.364. The maximum atomic E-state index is 11.7. The molecular weight excluding hydrogens is 204 g/mol. The number of benzene rings is 1. The number of nitrogens with zero attached hydrogens (tertiary/aromatic N) is 3. The van der Waals surface area contributed by atoms with Crippen LogP contribution in [0.15, 0.2) is 29.4 Å². The number of carbonyl (C=O) groups excluding carboxylic acids is 1. The van der Waals surface area contributed by atoms with Crippen LogP contribution in [0, 0.1) is 0 Å². The van der Waals surface area contributed by atoms with Crippen LogP contribution < -0.4 is 5.32 Å². The van der Waals surface area contributed by atoms with Crippen molar-refractivity contribution in [3.63, 3.8) is 0 Å². The van der Waals surface area contributed by atoms with Crippen LogP contribution in [0.3, 0.4) is 0 Å². The van der Waals surface area contributed by atoms with Gasteiger partial charge in [-0.2, -0.15) is 0 Å². The summed E-state index contributed by atoms with van der Waals surface area (Å²) in [4.78, 5) is 14.3. The van der Waals surface area contributed by atoms with Crippen LogP contribution in [0.25, 0.3) is 10.4 Å². The van der Waals surface area contributed by atoms with E-state index in [0.717, 1.165) is 12.0 Å². The van der Waals surface area contributed by atoms with Crippen molar-refractivity contribution in [2.45, 2.75) is 12.3 Å². The molecule has 1 N–H and O–H groups in total. The average molecular weight is 216 g/mol. The Balaban J connectivity index is 1.87. The number of nitrogens with one attached hydrogen (secondary N) is 1. The smallest absolute Gasteiger partial charge is 0.227 e. The summed E-state index contributed by atoms with van der Waals surface area (Å²) in [6.07, 6.45) is 0.809. The zero-order valence-electron chi connectivity index (χ0n) is 8.76. The fourth-order valence-corrected chi connectivity index (χ4v) is 1.89. The zero-order valence-corrected chi connectivity index (χ0v) is 8.76. The lowest BCUT2D eigenvalue weighted by atomic mass is 9.77. The normalized spacial score (nSPS) is 16.6. The minimum absolute atomic E-state index is 0.0202. The van der Waals surface area contributed by atoms with Crippen LogP contribution in [-0.2, 0) is 11.2 Å². The maximum absolute atomic E-state index is 11.7. The molecule has 1 aliphatic rings. The fourth-order valence-electron chi connectivity index (χ4n) is 1.89. The lowest BCUT2D eigenvalue weighted by Gasteiger charge is -2.28. The summed E-state index contributed by atoms with van der Waals surface area (Å²) in [6, 6.07) is 7.95. The third-order valence-corrected chi connectivity index (χ3v) is 2.75. The van der Waals surface area contributed by atoms with E-state index in [4.69, 9.17) is 5.53 Å². The second-order valence-corrected chi connectivity index (χ2v) is 3.70. The molecule has 16 heavy (non-hydrogen) atoms. The van der Waals surface area contributed by atoms with Crippen molar-refractivity contribution in [1.82, 2.24) is 5.32 Å². The van der Waals surface area contributed by atoms with E-state index in [9.17, 15) is 4.79 Å². The lowest BCUT2D eigenvalue weighted by molar-refractivity contribution is -0.123. The molecule has 0 fully saturated rings. The first-order valence-corrected chi connectivity index (χ1v) is 5.19. The highest BCUT2D eigenvalue weighted by atomic mass is 16.1. The standard InChI is InChI=1S/C11H12N4O/c12-15-14-6-5-13-11(16)10-7-8-3-1-2-4-9(8)10/h1-4,10H,5-7H2,(H,13,16). The highest BCUT2D eigenvalue weighted by molar-refractivity contribution is 5.86. The molecule has 0 saturated heterocycles. The van der Waals surface area contributed by atoms with Crippen LogP contribution in [-0.4, -0.2) is 19.0 Å². The second-order valence-electron chi connectivity index (χ2n) is 3.70. The molecule has 82 valence electrons. The largest absolute Gasteiger partial charge is 0.355 e. The summed E-state index contributed by atoms with van der Waals surface area (Å²) < 4.78 is 0. The Hall–Kier alpha value is -2.00. The molecule has 1 aromatic rings. The Bertz CT molecular complexity index is 451. The minimum Gasteiger partial charge on any atom is -0.355 e. The molecule has 5 nitrogen and oxygen atoms in total. The average Bonchev–Trinajstić information content (AvgIpc) is 2.26. The van der Waals surface area contributed by atoms with Crippen LogP contribution in [0.2, 0.25) is 0 Å². The molecule has 2 rings (SSSR count). The second kappa shape index (κ2) is 4.68. The summed E-state index contributed by atoms with van der Waals surface area (Å²) >= 11 is 0. The third-order valence-electron chi connectivity index (χ3n) is 2.75. The van der Waals surface area contributed by atoms with Crippen molar-refractivity contribution in [1.29, 1.82) is 0 Å². The van der Waals surface area contributed by atoms with E-state index >= 15 is 0 Å². The number of azide groups is 1. The summed E-state index contributed by atoms with van der Waals surface area (Å²) in [6.45, 7) is 0.707. The van der Waals surface area contributed by atoms with Gasteiger partial charge in [0.05, 0.1) is 5.92 Å². The molecule has 0 aromatic heterocycles. The molecule has 1 aliphatic carbocycles. The number of amides is 1. The number of carbonyl (C=O) groups is 1. The number of rotatable bonds is 4. The Morgan fingerprint density at radius 2 is 2.38 bits per heavy atom. The third kappa shape index (κ3) is 1.99. The molecule has 0 heterocycles. The van der Waals surface area contributed by atoms with E-state index < -0.39 is 0 Å². The molecule has 0 bridgehead atoms. The van der Waals surface area contributed by atoms with Gasteiger partial charge in [0, 0.05) is 18.0 Å². The van der Waals surface area contributed by atoms with Crippen LogP contribution in [0.1, 0.15) is 17.0 Å². The van der Waals surface area contributed by atoms with Gasteiger partial charge in [-0.1, -0.05) is 29.4 Å². The van der Waals surface area contributed by atoms with E-state index in [0.29, 0.717) is 13.1 Å². The van der Waals surface area contributed by atoms with Crippen molar-refractivity contribution in [3.05, 3.63) is 45.8 Å². The predicted octanol–water partition coefficient (Wildman–Crippen LogP) is 1.75. The Morgan fingerprint density at radius 3 is 3.12 bits per heavy atom. The van der Waals surface area contributed by atoms with Gasteiger partial charge in [-0.15, -0.1) is 0 Å². The van der Waals surface area contributed by atoms with Crippen molar-refractivity contribution < 1.29 is 4.79 Å². The Labute approximate surface area is 93.1 Å². The predicted molar refractivity (Wildman–Crippen MR) is 59.9 cm³/mol. The molecule has 1 atom stereocenters. The zero-order chi connectivity index (χ0) is 11.4. The first kappa shape index (κ1) is 10.5. The van der Waals surface area contributed by atoms with Crippen LogP contribution in [0.5, 0.6) is 0 Å². The molecule has 0 spiro atoms. The van der Waals surface area contributed by atoms with Gasteiger partial charge >= 0.3 is 0 Å². The van der Waals surface area contributed by atoms with E-state index in [-0.39, 0.29) is 11.8 Å². The molecule has 1 aromatic carbocycles. The van der Waals surface area contributed by atoms with Gasteiger partial charge in [0.1, 0.15) is 0 Å². The summed E-state index contributed by atoms with van der Waals surface area (Å²) in [5.41, 5.74) is 10.4. The number of fused-ring (bicyclic) bond motifs is 1.